The van der Waals surface area contributed by atoms with Crippen molar-refractivity contribution in [2.75, 3.05) is 0 Å². The lowest BCUT2D eigenvalue weighted by atomic mass is 9.48. The van der Waals surface area contributed by atoms with Gasteiger partial charge in [0.1, 0.15) is 0 Å². The predicted molar refractivity (Wildman–Crippen MR) is 118 cm³/mol. The first-order valence-electron chi connectivity index (χ1n) is 12.4. The Morgan fingerprint density at radius 1 is 1.07 bits per heavy atom. The van der Waals surface area contributed by atoms with Gasteiger partial charge in [0.2, 0.25) is 0 Å². The molecular formula is C26H45NO. The van der Waals surface area contributed by atoms with Crippen LogP contribution >= 0.6 is 0 Å². The smallest absolute Gasteiger partial charge is 0.0577 e. The Hall–Kier alpha value is -0.340. The van der Waals surface area contributed by atoms with E-state index in [-0.39, 0.29) is 11.6 Å². The maximum absolute atomic E-state index is 10.2. The molecule has 3 N–H and O–H groups in total. The van der Waals surface area contributed by atoms with Gasteiger partial charge in [-0.15, -0.1) is 0 Å². The minimum absolute atomic E-state index is 0.0916. The van der Waals surface area contributed by atoms with Gasteiger partial charge >= 0.3 is 0 Å². The molecule has 4 rings (SSSR count). The van der Waals surface area contributed by atoms with E-state index in [0.29, 0.717) is 5.41 Å². The molecule has 28 heavy (non-hydrogen) atoms. The van der Waals surface area contributed by atoms with E-state index in [1.165, 1.54) is 57.8 Å². The van der Waals surface area contributed by atoms with Crippen LogP contribution in [0, 0.1) is 40.9 Å². The molecule has 0 aromatic rings. The van der Waals surface area contributed by atoms with Gasteiger partial charge in [0, 0.05) is 5.54 Å². The fourth-order valence-electron chi connectivity index (χ4n) is 8.27. The summed E-state index contributed by atoms with van der Waals surface area (Å²) in [7, 11) is 0. The van der Waals surface area contributed by atoms with Crippen LogP contribution in [0.4, 0.5) is 0 Å². The van der Waals surface area contributed by atoms with Crippen LogP contribution in [0.2, 0.25) is 0 Å². The van der Waals surface area contributed by atoms with E-state index in [4.69, 9.17) is 5.73 Å². The van der Waals surface area contributed by atoms with Gasteiger partial charge in [0.25, 0.3) is 0 Å². The van der Waals surface area contributed by atoms with Gasteiger partial charge in [-0.1, -0.05) is 58.6 Å². The first-order valence-corrected chi connectivity index (χ1v) is 12.4. The predicted octanol–water partition coefficient (Wildman–Crippen LogP) is 6.08. The summed E-state index contributed by atoms with van der Waals surface area (Å²) < 4.78 is 0. The zero-order chi connectivity index (χ0) is 20.1. The molecule has 0 unspecified atom stereocenters. The fourth-order valence-corrected chi connectivity index (χ4v) is 8.27. The van der Waals surface area contributed by atoms with E-state index in [9.17, 15) is 5.11 Å². The molecule has 4 aliphatic rings. The second-order valence-electron chi connectivity index (χ2n) is 11.8. The standard InChI is InChI=1S/C26H45NO/c1-17(2)6-5-7-18(3)22-10-11-24-21-9-8-19-16-20(28)12-14-25(19,4)23(21)13-15-26(22,24)27/h8,17-18,20-24,28H,5-7,9-16,27H2,1-4H3/t18-,20+,21-,22-,23+,24+,25+,26+/m1/s1. The van der Waals surface area contributed by atoms with Crippen molar-refractivity contribution in [3.63, 3.8) is 0 Å². The van der Waals surface area contributed by atoms with E-state index < -0.39 is 0 Å². The van der Waals surface area contributed by atoms with Crippen molar-refractivity contribution >= 4 is 0 Å². The van der Waals surface area contributed by atoms with Crippen molar-refractivity contribution in [3.8, 4) is 0 Å². The van der Waals surface area contributed by atoms with E-state index in [1.54, 1.807) is 5.57 Å². The van der Waals surface area contributed by atoms with Crippen LogP contribution in [0.1, 0.15) is 98.3 Å². The molecule has 8 atom stereocenters. The van der Waals surface area contributed by atoms with Crippen LogP contribution in [-0.2, 0) is 0 Å². The maximum atomic E-state index is 10.2. The number of rotatable bonds is 5. The number of nitrogens with two attached hydrogens (primary N) is 1. The SMILES string of the molecule is CC(C)CCC[C@@H](C)[C@H]1CC[C@H]2[C@@H]3CC=C4C[C@@H](O)CC[C@]4(C)[C@H]3CC[C@]12N. The van der Waals surface area contributed by atoms with Crippen molar-refractivity contribution in [2.24, 2.45) is 46.7 Å². The Bertz CT molecular complexity index is 597. The highest BCUT2D eigenvalue weighted by Crippen LogP contribution is 2.63. The third kappa shape index (κ3) is 3.41. The Balaban J connectivity index is 1.49. The van der Waals surface area contributed by atoms with Gasteiger partial charge in [-0.05, 0) is 92.3 Å². The highest BCUT2D eigenvalue weighted by Gasteiger charge is 2.59. The summed E-state index contributed by atoms with van der Waals surface area (Å²) in [6.07, 6.45) is 16.1. The molecule has 0 amide bonds. The minimum atomic E-state index is -0.101. The zero-order valence-corrected chi connectivity index (χ0v) is 18.9. The quantitative estimate of drug-likeness (QED) is 0.562. The van der Waals surface area contributed by atoms with Crippen LogP contribution in [0.25, 0.3) is 0 Å². The molecule has 0 aromatic heterocycles. The Labute approximate surface area is 173 Å². The van der Waals surface area contributed by atoms with E-state index in [0.717, 1.165) is 48.3 Å². The summed E-state index contributed by atoms with van der Waals surface area (Å²) >= 11 is 0. The summed E-state index contributed by atoms with van der Waals surface area (Å²) in [5, 5.41) is 10.2. The van der Waals surface area contributed by atoms with Gasteiger partial charge in [0.05, 0.1) is 6.10 Å². The second-order valence-corrected chi connectivity index (χ2v) is 11.8. The first kappa shape index (κ1) is 20.9. The largest absolute Gasteiger partial charge is 0.393 e. The lowest BCUT2D eigenvalue weighted by molar-refractivity contribution is -0.0266. The number of aliphatic hydroxyl groups is 1. The second kappa shape index (κ2) is 7.73. The minimum Gasteiger partial charge on any atom is -0.393 e. The monoisotopic (exact) mass is 387 g/mol. The molecule has 4 aliphatic carbocycles. The maximum Gasteiger partial charge on any atom is 0.0577 e. The van der Waals surface area contributed by atoms with Gasteiger partial charge in [-0.2, -0.15) is 0 Å². The third-order valence-corrected chi connectivity index (χ3v) is 9.86. The summed E-state index contributed by atoms with van der Waals surface area (Å²) in [5.41, 5.74) is 9.33. The fraction of sp³-hybridized carbons (Fsp3) is 0.923. The molecule has 0 radical (unpaired) electrons. The van der Waals surface area contributed by atoms with Crippen LogP contribution in [0.3, 0.4) is 0 Å². The van der Waals surface area contributed by atoms with Crippen molar-refractivity contribution in [1.82, 2.24) is 0 Å². The van der Waals surface area contributed by atoms with Crippen molar-refractivity contribution in [2.45, 2.75) is 110 Å². The third-order valence-electron chi connectivity index (χ3n) is 9.86. The number of hydrogen-bond acceptors (Lipinski definition) is 2. The summed E-state index contributed by atoms with van der Waals surface area (Å²) in [6, 6.07) is 0. The molecule has 2 nitrogen and oxygen atoms in total. The molecule has 3 fully saturated rings. The highest BCUT2D eigenvalue weighted by atomic mass is 16.3. The van der Waals surface area contributed by atoms with Gasteiger partial charge in [-0.3, -0.25) is 0 Å². The average molecular weight is 388 g/mol. The Morgan fingerprint density at radius 3 is 2.61 bits per heavy atom. The summed E-state index contributed by atoms with van der Waals surface area (Å²) in [5.74, 6) is 4.65. The van der Waals surface area contributed by atoms with Gasteiger partial charge in [0.15, 0.2) is 0 Å². The van der Waals surface area contributed by atoms with E-state index >= 15 is 0 Å². The molecule has 0 spiro atoms. The molecule has 0 heterocycles. The molecule has 2 heteroatoms. The van der Waals surface area contributed by atoms with Crippen molar-refractivity contribution < 1.29 is 5.11 Å². The highest BCUT2D eigenvalue weighted by molar-refractivity contribution is 5.26. The molecule has 0 aliphatic heterocycles. The number of fused-ring (bicyclic) bond motifs is 5. The Kier molecular flexibility index (Phi) is 5.77. The topological polar surface area (TPSA) is 46.2 Å². The average Bonchev–Trinajstić information content (AvgIpc) is 2.99. The molecule has 3 saturated carbocycles. The van der Waals surface area contributed by atoms with Crippen molar-refractivity contribution in [1.29, 1.82) is 0 Å². The molecule has 0 saturated heterocycles. The molecule has 160 valence electrons. The van der Waals surface area contributed by atoms with Gasteiger partial charge in [-0.25, -0.2) is 0 Å². The molecule has 0 aromatic carbocycles. The normalized spacial score (nSPS) is 46.5. The van der Waals surface area contributed by atoms with Crippen LogP contribution in [-0.4, -0.2) is 16.7 Å². The summed E-state index contributed by atoms with van der Waals surface area (Å²) in [6.45, 7) is 9.71. The summed E-state index contributed by atoms with van der Waals surface area (Å²) in [4.78, 5) is 0. The first-order chi connectivity index (χ1) is 13.3. The lowest BCUT2D eigenvalue weighted by Gasteiger charge is -2.58. The lowest BCUT2D eigenvalue weighted by Crippen LogP contribution is -2.59. The van der Waals surface area contributed by atoms with Crippen LogP contribution in [0.5, 0.6) is 0 Å². The Morgan fingerprint density at radius 2 is 1.86 bits per heavy atom. The number of allylic oxidation sites excluding steroid dienone is 1. The zero-order valence-electron chi connectivity index (χ0n) is 18.9. The van der Waals surface area contributed by atoms with Crippen molar-refractivity contribution in [3.05, 3.63) is 11.6 Å². The molecular weight excluding hydrogens is 342 g/mol. The molecule has 0 bridgehead atoms. The van der Waals surface area contributed by atoms with E-state index in [1.807, 2.05) is 0 Å². The van der Waals surface area contributed by atoms with Crippen LogP contribution < -0.4 is 5.73 Å². The number of hydrogen-bond donors (Lipinski definition) is 2. The van der Waals surface area contributed by atoms with Crippen LogP contribution in [0.15, 0.2) is 11.6 Å². The number of aliphatic hydroxyl groups excluding tert-OH is 1. The van der Waals surface area contributed by atoms with Gasteiger partial charge < -0.3 is 10.8 Å². The van der Waals surface area contributed by atoms with E-state index in [2.05, 4.69) is 33.8 Å².